The van der Waals surface area contributed by atoms with E-state index in [0.29, 0.717) is 0 Å². The van der Waals surface area contributed by atoms with Gasteiger partial charge in [0.25, 0.3) is 0 Å². The van der Waals surface area contributed by atoms with Gasteiger partial charge in [0.15, 0.2) is 0 Å². The van der Waals surface area contributed by atoms with E-state index in [0.717, 1.165) is 0 Å². The first-order chi connectivity index (χ1) is 15.3. The van der Waals surface area contributed by atoms with Gasteiger partial charge < -0.3 is 0 Å². The molecule has 0 aliphatic carbocycles. The summed E-state index contributed by atoms with van der Waals surface area (Å²) in [5.41, 5.74) is 3.47. The first-order valence-corrected chi connectivity index (χ1v) is 15.0. The van der Waals surface area contributed by atoms with Crippen LogP contribution in [0.4, 0.5) is 0 Å². The van der Waals surface area contributed by atoms with Crippen LogP contribution < -0.4 is 0 Å². The summed E-state index contributed by atoms with van der Waals surface area (Å²) in [4.78, 5) is 2.67. The molecule has 2 aromatic rings. The zero-order chi connectivity index (χ0) is 23.5. The molecule has 0 spiro atoms. The standard InChI is InChI=1S/C30H46S2/c1-7-9-11-13-23-29(3,4)25-15-19-27(20-16-25)31-32-28-21-17-26(18-22-28)30(5,6)24-14-12-10-8-2/h15-22H,7-14,23-24H2,1-6H3. The molecule has 0 atom stereocenters. The zero-order valence-corrected chi connectivity index (χ0v) is 23.1. The first-order valence-electron chi connectivity index (χ1n) is 12.8. The van der Waals surface area contributed by atoms with E-state index < -0.39 is 0 Å². The predicted octanol–water partition coefficient (Wildman–Crippen LogP) is 11.0. The van der Waals surface area contributed by atoms with Crippen molar-refractivity contribution in [2.24, 2.45) is 0 Å². The predicted molar refractivity (Wildman–Crippen MR) is 148 cm³/mol. The highest BCUT2D eigenvalue weighted by molar-refractivity contribution is 8.76. The molecule has 2 aromatic carbocycles. The summed E-state index contributed by atoms with van der Waals surface area (Å²) in [5, 5.41) is 0. The Morgan fingerprint density at radius 3 is 1.16 bits per heavy atom. The van der Waals surface area contributed by atoms with Gasteiger partial charge in [-0.15, -0.1) is 0 Å². The molecule has 0 unspecified atom stereocenters. The highest BCUT2D eigenvalue weighted by Crippen LogP contribution is 2.40. The third-order valence-electron chi connectivity index (χ3n) is 6.82. The molecule has 178 valence electrons. The van der Waals surface area contributed by atoms with Crippen molar-refractivity contribution in [3.05, 3.63) is 59.7 Å². The van der Waals surface area contributed by atoms with Gasteiger partial charge in [0, 0.05) is 9.79 Å². The lowest BCUT2D eigenvalue weighted by Gasteiger charge is -2.26. The Labute approximate surface area is 207 Å². The number of benzene rings is 2. The van der Waals surface area contributed by atoms with Crippen molar-refractivity contribution in [1.82, 2.24) is 0 Å². The Balaban J connectivity index is 1.85. The molecular formula is C30H46S2. The van der Waals surface area contributed by atoms with Gasteiger partial charge in [-0.2, -0.15) is 0 Å². The van der Waals surface area contributed by atoms with Gasteiger partial charge in [-0.3, -0.25) is 0 Å². The van der Waals surface area contributed by atoms with Crippen molar-refractivity contribution in [3.8, 4) is 0 Å². The Kier molecular flexibility index (Phi) is 11.8. The van der Waals surface area contributed by atoms with Crippen LogP contribution >= 0.6 is 21.6 Å². The molecule has 0 amide bonds. The molecule has 0 nitrogen and oxygen atoms in total. The van der Waals surface area contributed by atoms with E-state index >= 15 is 0 Å². The minimum Gasteiger partial charge on any atom is -0.0654 e. The van der Waals surface area contributed by atoms with E-state index in [-0.39, 0.29) is 10.8 Å². The Morgan fingerprint density at radius 1 is 0.500 bits per heavy atom. The fourth-order valence-corrected chi connectivity index (χ4v) is 6.23. The largest absolute Gasteiger partial charge is 0.0654 e. The van der Waals surface area contributed by atoms with Crippen molar-refractivity contribution in [2.45, 2.75) is 126 Å². The summed E-state index contributed by atoms with van der Waals surface area (Å²) in [6, 6.07) is 18.6. The van der Waals surface area contributed by atoms with Gasteiger partial charge >= 0.3 is 0 Å². The number of rotatable bonds is 15. The van der Waals surface area contributed by atoms with Crippen molar-refractivity contribution in [2.75, 3.05) is 0 Å². The van der Waals surface area contributed by atoms with Crippen LogP contribution in [0, 0.1) is 0 Å². The highest BCUT2D eigenvalue weighted by atomic mass is 33.1. The van der Waals surface area contributed by atoms with Gasteiger partial charge in [-0.1, -0.05) is 139 Å². The molecule has 0 heterocycles. The molecule has 0 fully saturated rings. The van der Waals surface area contributed by atoms with Gasteiger partial charge in [-0.25, -0.2) is 0 Å². The molecule has 0 aliphatic heterocycles. The maximum absolute atomic E-state index is 2.39. The van der Waals surface area contributed by atoms with Crippen LogP contribution in [0.15, 0.2) is 58.3 Å². The fraction of sp³-hybridized carbons (Fsp3) is 0.600. The molecule has 0 saturated carbocycles. The summed E-state index contributed by atoms with van der Waals surface area (Å²) in [6.45, 7) is 14.1. The second-order valence-electron chi connectivity index (χ2n) is 10.6. The molecule has 2 rings (SSSR count). The van der Waals surface area contributed by atoms with Crippen molar-refractivity contribution in [1.29, 1.82) is 0 Å². The second kappa shape index (κ2) is 13.8. The quantitative estimate of drug-likeness (QED) is 0.187. The summed E-state index contributed by atoms with van der Waals surface area (Å²) in [5.74, 6) is 0. The van der Waals surface area contributed by atoms with E-state index in [4.69, 9.17) is 0 Å². The molecule has 0 aromatic heterocycles. The summed E-state index contributed by atoms with van der Waals surface area (Å²) >= 11 is 0. The van der Waals surface area contributed by atoms with Gasteiger partial charge in [-0.05, 0) is 59.1 Å². The van der Waals surface area contributed by atoms with Crippen LogP contribution in [0.2, 0.25) is 0 Å². The molecule has 32 heavy (non-hydrogen) atoms. The van der Waals surface area contributed by atoms with Gasteiger partial charge in [0.1, 0.15) is 0 Å². The average Bonchev–Trinajstić information content (AvgIpc) is 2.79. The zero-order valence-electron chi connectivity index (χ0n) is 21.5. The third kappa shape index (κ3) is 9.18. The average molecular weight is 471 g/mol. The Morgan fingerprint density at radius 2 is 0.844 bits per heavy atom. The van der Waals surface area contributed by atoms with E-state index in [9.17, 15) is 0 Å². The minimum atomic E-state index is 0.267. The molecule has 2 heteroatoms. The number of hydrogen-bond acceptors (Lipinski definition) is 2. The normalized spacial score (nSPS) is 12.3. The minimum absolute atomic E-state index is 0.267. The highest BCUT2D eigenvalue weighted by Gasteiger charge is 2.21. The van der Waals surface area contributed by atoms with Crippen molar-refractivity contribution >= 4 is 21.6 Å². The summed E-state index contributed by atoms with van der Waals surface area (Å²) in [7, 11) is 3.73. The SMILES string of the molecule is CCCCCCC(C)(C)c1ccc(SSc2ccc(C(C)(C)CCCCCC)cc2)cc1. The lowest BCUT2D eigenvalue weighted by molar-refractivity contribution is 0.446. The molecule has 0 saturated heterocycles. The van der Waals surface area contributed by atoms with E-state index in [2.05, 4.69) is 90.1 Å². The van der Waals surface area contributed by atoms with Crippen LogP contribution in [0.25, 0.3) is 0 Å². The van der Waals surface area contributed by atoms with Crippen molar-refractivity contribution in [3.63, 3.8) is 0 Å². The van der Waals surface area contributed by atoms with Crippen LogP contribution in [0.5, 0.6) is 0 Å². The lowest BCUT2D eigenvalue weighted by atomic mass is 9.80. The first kappa shape index (κ1) is 27.4. The van der Waals surface area contributed by atoms with Crippen molar-refractivity contribution < 1.29 is 0 Å². The van der Waals surface area contributed by atoms with Gasteiger partial charge in [0.2, 0.25) is 0 Å². The lowest BCUT2D eigenvalue weighted by Crippen LogP contribution is -2.16. The molecule has 0 radical (unpaired) electrons. The molecule has 0 bridgehead atoms. The molecular weight excluding hydrogens is 424 g/mol. The maximum Gasteiger partial charge on any atom is 0.0186 e. The van der Waals surface area contributed by atoms with E-state index in [1.807, 2.05) is 21.6 Å². The maximum atomic E-state index is 2.39. The second-order valence-corrected chi connectivity index (χ2v) is 12.9. The topological polar surface area (TPSA) is 0 Å². The Hall–Kier alpha value is -0.860. The van der Waals surface area contributed by atoms with Gasteiger partial charge in [0.05, 0.1) is 0 Å². The number of hydrogen-bond donors (Lipinski definition) is 0. The number of unbranched alkanes of at least 4 members (excludes halogenated alkanes) is 6. The summed E-state index contributed by atoms with van der Waals surface area (Å²) < 4.78 is 0. The smallest absolute Gasteiger partial charge is 0.0186 e. The monoisotopic (exact) mass is 470 g/mol. The van der Waals surface area contributed by atoms with Crippen LogP contribution in [-0.2, 0) is 10.8 Å². The van der Waals surface area contributed by atoms with Crippen LogP contribution in [-0.4, -0.2) is 0 Å². The third-order valence-corrected chi connectivity index (χ3v) is 9.23. The van der Waals surface area contributed by atoms with Crippen LogP contribution in [0.3, 0.4) is 0 Å². The molecule has 0 N–H and O–H groups in total. The Bertz CT molecular complexity index is 689. The summed E-state index contributed by atoms with van der Waals surface area (Å²) in [6.07, 6.45) is 13.3. The van der Waals surface area contributed by atoms with Crippen LogP contribution in [0.1, 0.15) is 117 Å². The van der Waals surface area contributed by atoms with E-state index in [1.54, 1.807) is 0 Å². The van der Waals surface area contributed by atoms with E-state index in [1.165, 1.54) is 85.1 Å². The fourth-order valence-electron chi connectivity index (χ4n) is 4.30. The molecule has 0 aliphatic rings.